The van der Waals surface area contributed by atoms with E-state index in [1.54, 1.807) is 0 Å². The Morgan fingerprint density at radius 3 is 1.70 bits per heavy atom. The summed E-state index contributed by atoms with van der Waals surface area (Å²) in [4.78, 5) is 9.66. The number of amidine groups is 1. The average Bonchev–Trinajstić information content (AvgIpc) is 4.07. The Kier molecular flexibility index (Phi) is 20.7. The molecule has 0 spiro atoms. The van der Waals surface area contributed by atoms with Crippen molar-refractivity contribution in [1.29, 1.82) is 0 Å². The van der Waals surface area contributed by atoms with Crippen LogP contribution in [0.1, 0.15) is 92.8 Å². The van der Waals surface area contributed by atoms with Gasteiger partial charge in [0.2, 0.25) is 0 Å². The number of rotatable bonds is 11. The quantitative estimate of drug-likeness (QED) is 0.0962. The predicted octanol–water partition coefficient (Wildman–Crippen LogP) is 15.1. The molecule has 1 fully saturated rings. The number of anilines is 2. The minimum atomic E-state index is 0.505. The van der Waals surface area contributed by atoms with Crippen LogP contribution >= 0.6 is 11.6 Å². The highest BCUT2D eigenvalue weighted by Gasteiger charge is 2.25. The summed E-state index contributed by atoms with van der Waals surface area (Å²) in [5.74, 6) is 3.01. The molecule has 9 heteroatoms. The van der Waals surface area contributed by atoms with Crippen LogP contribution in [-0.4, -0.2) is 84.2 Å². The van der Waals surface area contributed by atoms with E-state index >= 15 is 0 Å². The van der Waals surface area contributed by atoms with Crippen molar-refractivity contribution in [3.8, 4) is 11.5 Å². The van der Waals surface area contributed by atoms with Crippen molar-refractivity contribution in [1.82, 2.24) is 26.2 Å². The van der Waals surface area contributed by atoms with E-state index in [1.165, 1.54) is 85.4 Å². The summed E-state index contributed by atoms with van der Waals surface area (Å²) >= 11 is 6.20. The monoisotopic (exact) mass is 1110 g/mol. The zero-order valence-corrected chi connectivity index (χ0v) is 48.9. The van der Waals surface area contributed by atoms with Crippen molar-refractivity contribution >= 4 is 52.2 Å². The van der Waals surface area contributed by atoms with Crippen molar-refractivity contribution in [2.75, 3.05) is 78.4 Å². The third kappa shape index (κ3) is 14.4. The first kappa shape index (κ1) is 57.7. The molecule has 0 amide bonds. The Morgan fingerprint density at radius 2 is 1.07 bits per heavy atom. The summed E-state index contributed by atoms with van der Waals surface area (Å²) in [7, 11) is 6.05. The number of aryl methyl sites for hydroxylation is 4. The number of aliphatic imine (C=N–C) groups is 1. The molecule has 0 radical (unpaired) electrons. The lowest BCUT2D eigenvalue weighted by Crippen LogP contribution is -2.46. The van der Waals surface area contributed by atoms with Gasteiger partial charge in [0.25, 0.3) is 0 Å². The smallest absolute Gasteiger partial charge is 0.153 e. The number of piperazine rings is 1. The van der Waals surface area contributed by atoms with Crippen LogP contribution in [0.3, 0.4) is 0 Å². The zero-order chi connectivity index (χ0) is 56.3. The second-order valence-electron chi connectivity index (χ2n) is 21.5. The largest absolute Gasteiger partial charge is 0.454 e. The third-order valence-electron chi connectivity index (χ3n) is 16.1. The molecule has 0 unspecified atom stereocenters. The first-order chi connectivity index (χ1) is 40.5. The molecule has 0 atom stereocenters. The molecule has 5 aliphatic rings. The lowest BCUT2D eigenvalue weighted by Gasteiger charge is -2.30. The van der Waals surface area contributed by atoms with Gasteiger partial charge in [-0.3, -0.25) is 0 Å². The molecular weight excluding hydrogens is 1030 g/mol. The molecule has 82 heavy (non-hydrogen) atoms. The van der Waals surface area contributed by atoms with Crippen molar-refractivity contribution in [3.63, 3.8) is 0 Å². The van der Waals surface area contributed by atoms with Gasteiger partial charge in [-0.1, -0.05) is 175 Å². The summed E-state index contributed by atoms with van der Waals surface area (Å²) in [5, 5.41) is 13.8. The first-order valence-corrected chi connectivity index (χ1v) is 30.1. The Hall–Kier alpha value is -7.56. The predicted molar refractivity (Wildman–Crippen MR) is 347 cm³/mol. The van der Waals surface area contributed by atoms with Crippen LogP contribution in [0.4, 0.5) is 17.1 Å². The summed E-state index contributed by atoms with van der Waals surface area (Å²) in [6.45, 7) is 7.98. The molecule has 420 valence electrons. The van der Waals surface area contributed by atoms with E-state index in [0.29, 0.717) is 10.9 Å². The van der Waals surface area contributed by atoms with Gasteiger partial charge in [0, 0.05) is 55.0 Å². The fraction of sp³-hybridized carbons (Fsp3) is 0.274. The topological polar surface area (TPSA) is 76.2 Å². The maximum atomic E-state index is 6.20. The Morgan fingerprint density at radius 1 is 0.549 bits per heavy atom. The van der Waals surface area contributed by atoms with Crippen molar-refractivity contribution in [2.45, 2.75) is 57.3 Å². The fourth-order valence-corrected chi connectivity index (χ4v) is 12.1. The number of nitrogens with zero attached hydrogens (tertiary/aromatic N) is 3. The molecule has 8 aromatic carbocycles. The first-order valence-electron chi connectivity index (χ1n) is 29.7. The molecule has 0 bridgehead atoms. The summed E-state index contributed by atoms with van der Waals surface area (Å²) < 4.78 is 6.06. The van der Waals surface area contributed by atoms with Gasteiger partial charge >= 0.3 is 0 Å². The second kappa shape index (κ2) is 29.4. The Balaban J connectivity index is 0.000000123. The number of hydrogen-bond donors (Lipinski definition) is 4. The van der Waals surface area contributed by atoms with E-state index in [9.17, 15) is 0 Å². The zero-order valence-electron chi connectivity index (χ0n) is 48.1. The van der Waals surface area contributed by atoms with Gasteiger partial charge < -0.3 is 35.8 Å². The van der Waals surface area contributed by atoms with Gasteiger partial charge in [-0.05, 0) is 196 Å². The SMILES string of the molecule is CNCCC=C1c2ccccc2CCc2ccccc21.CNCCCC1c2ccccc2C=Cc2ccccc21.CNCCCN1c2ccccc2CCc2ccccc21.Clc1ccc2c(c1)C(N1CCNCC1)=Nc1ccccc1O2. The normalized spacial score (nSPS) is 14.4. The van der Waals surface area contributed by atoms with Crippen LogP contribution in [0.5, 0.6) is 11.5 Å². The summed E-state index contributed by atoms with van der Waals surface area (Å²) in [6, 6.07) is 66.5. The van der Waals surface area contributed by atoms with E-state index in [2.05, 4.69) is 195 Å². The average molecular weight is 1110 g/mol. The van der Waals surface area contributed by atoms with Crippen LogP contribution in [0.15, 0.2) is 199 Å². The van der Waals surface area contributed by atoms with Crippen LogP contribution in [0.2, 0.25) is 5.02 Å². The highest BCUT2D eigenvalue weighted by atomic mass is 35.5. The highest BCUT2D eigenvalue weighted by molar-refractivity contribution is 6.31. The van der Waals surface area contributed by atoms with Crippen molar-refractivity contribution in [3.05, 3.63) is 260 Å². The molecule has 8 nitrogen and oxygen atoms in total. The van der Waals surface area contributed by atoms with Crippen LogP contribution < -0.4 is 30.9 Å². The number of halogens is 1. The van der Waals surface area contributed by atoms with Crippen molar-refractivity contribution in [2.24, 2.45) is 4.99 Å². The standard InChI is InChI=1S/2C19H21N.C18H22N2.C17H16ClN3O/c2*1-20-14-6-11-19-17-9-4-2-7-15(17)12-13-16-8-3-5-10-18(16)19;1-19-13-6-14-20-17-9-4-2-7-15(17)11-12-16-8-3-5-10-18(16)20;18-12-5-6-15-13(11-12)17(21-9-7-19-8-10-21)20-14-3-1-2-4-16(14)22-15/h2-5,7-10,12-13,19-20H,6,11,14H2,1H3;2-5,7-11,20H,6,12-14H2,1H3;2-5,7-10,19H,6,11-14H2,1H3;1-6,11,19H,7-10H2. The molecule has 3 aliphatic heterocycles. The van der Waals surface area contributed by atoms with Crippen molar-refractivity contribution < 1.29 is 4.74 Å². The van der Waals surface area contributed by atoms with E-state index < -0.39 is 0 Å². The van der Waals surface area contributed by atoms with Gasteiger partial charge in [-0.2, -0.15) is 0 Å². The van der Waals surface area contributed by atoms with Gasteiger partial charge in [0.15, 0.2) is 5.75 Å². The number of para-hydroxylation sites is 4. The van der Waals surface area contributed by atoms with E-state index in [-0.39, 0.29) is 0 Å². The van der Waals surface area contributed by atoms with Gasteiger partial charge in [-0.25, -0.2) is 4.99 Å². The molecule has 8 aromatic rings. The summed E-state index contributed by atoms with van der Waals surface area (Å²) in [6.07, 6.45) is 16.0. The summed E-state index contributed by atoms with van der Waals surface area (Å²) in [5.41, 5.74) is 20.3. The van der Waals surface area contributed by atoms with E-state index in [4.69, 9.17) is 21.3 Å². The lowest BCUT2D eigenvalue weighted by atomic mass is 9.84. The molecule has 3 heterocycles. The van der Waals surface area contributed by atoms with Gasteiger partial charge in [0.05, 0.1) is 5.56 Å². The highest BCUT2D eigenvalue weighted by Crippen LogP contribution is 2.41. The van der Waals surface area contributed by atoms with Crippen LogP contribution in [0, 0.1) is 0 Å². The second-order valence-corrected chi connectivity index (χ2v) is 21.9. The van der Waals surface area contributed by atoms with Crippen LogP contribution in [0.25, 0.3) is 17.7 Å². The fourth-order valence-electron chi connectivity index (χ4n) is 11.9. The maximum Gasteiger partial charge on any atom is 0.153 e. The van der Waals surface area contributed by atoms with Gasteiger partial charge in [0.1, 0.15) is 17.3 Å². The Labute approximate surface area is 493 Å². The van der Waals surface area contributed by atoms with Crippen LogP contribution in [-0.2, 0) is 25.7 Å². The molecular formula is C73H80ClN7O. The number of ether oxygens (including phenoxy) is 1. The maximum absolute atomic E-state index is 6.20. The number of fused-ring (bicyclic) bond motifs is 8. The lowest BCUT2D eigenvalue weighted by molar-refractivity contribution is 0.357. The molecule has 0 saturated carbocycles. The van der Waals surface area contributed by atoms with Gasteiger partial charge in [-0.15, -0.1) is 0 Å². The number of hydrogen-bond acceptors (Lipinski definition) is 8. The molecule has 2 aliphatic carbocycles. The number of benzene rings is 8. The minimum absolute atomic E-state index is 0.505. The molecule has 0 aromatic heterocycles. The minimum Gasteiger partial charge on any atom is -0.454 e. The molecule has 4 N–H and O–H groups in total. The van der Waals surface area contributed by atoms with E-state index in [1.807, 2.05) is 63.6 Å². The third-order valence-corrected chi connectivity index (χ3v) is 16.3. The molecule has 13 rings (SSSR count). The molecule has 1 saturated heterocycles. The van der Waals surface area contributed by atoms with E-state index in [0.717, 1.165) is 119 Å². The number of nitrogens with one attached hydrogen (secondary N) is 4. The Bertz CT molecular complexity index is 3310.